The summed E-state index contributed by atoms with van der Waals surface area (Å²) in [5.74, 6) is -0.148. The first-order chi connectivity index (χ1) is 13.6. The van der Waals surface area contributed by atoms with Gasteiger partial charge >= 0.3 is 5.97 Å². The SMILES string of the molecule is CCCCCCCCCCCCCC1OC(=O)/C1=C\CCCCCNS(=O)O. The highest BCUT2D eigenvalue weighted by molar-refractivity contribution is 7.77. The Bertz CT molecular complexity index is 467. The van der Waals surface area contributed by atoms with Crippen molar-refractivity contribution in [2.75, 3.05) is 6.54 Å². The molecule has 0 bridgehead atoms. The average Bonchev–Trinajstić information content (AvgIpc) is 2.66. The van der Waals surface area contributed by atoms with E-state index >= 15 is 0 Å². The highest BCUT2D eigenvalue weighted by Gasteiger charge is 2.34. The zero-order valence-corrected chi connectivity index (χ0v) is 18.6. The van der Waals surface area contributed by atoms with Gasteiger partial charge in [0.15, 0.2) is 0 Å². The molecular weight excluding hydrogens is 374 g/mol. The highest BCUT2D eigenvalue weighted by atomic mass is 32.2. The summed E-state index contributed by atoms with van der Waals surface area (Å²) < 4.78 is 26.8. The fraction of sp³-hybridized carbons (Fsp3) is 0.864. The molecule has 0 aromatic rings. The van der Waals surface area contributed by atoms with E-state index in [0.29, 0.717) is 6.54 Å². The second-order valence-electron chi connectivity index (χ2n) is 7.87. The van der Waals surface area contributed by atoms with E-state index in [9.17, 15) is 9.00 Å². The van der Waals surface area contributed by atoms with Crippen molar-refractivity contribution in [1.29, 1.82) is 0 Å². The number of unbranched alkanes of at least 4 members (excludes halogenated alkanes) is 13. The third-order valence-electron chi connectivity index (χ3n) is 5.37. The van der Waals surface area contributed by atoms with Gasteiger partial charge in [0.05, 0.1) is 5.57 Å². The molecule has 0 radical (unpaired) electrons. The minimum atomic E-state index is -1.91. The average molecular weight is 416 g/mol. The third-order valence-corrected chi connectivity index (χ3v) is 5.82. The van der Waals surface area contributed by atoms with Crippen molar-refractivity contribution in [3.63, 3.8) is 0 Å². The van der Waals surface area contributed by atoms with E-state index in [-0.39, 0.29) is 12.1 Å². The second kappa shape index (κ2) is 17.2. The number of cyclic esters (lactones) is 1. The van der Waals surface area contributed by atoms with E-state index in [1.807, 2.05) is 6.08 Å². The number of carbonyl (C=O) groups excluding carboxylic acids is 1. The summed E-state index contributed by atoms with van der Waals surface area (Å²) in [6.45, 7) is 2.80. The van der Waals surface area contributed by atoms with Gasteiger partial charge in [0.1, 0.15) is 6.10 Å². The predicted molar refractivity (Wildman–Crippen MR) is 116 cm³/mol. The molecule has 1 rings (SSSR count). The van der Waals surface area contributed by atoms with Crippen molar-refractivity contribution < 1.29 is 18.3 Å². The van der Waals surface area contributed by atoms with E-state index in [1.54, 1.807) is 0 Å². The molecule has 2 atom stereocenters. The summed E-state index contributed by atoms with van der Waals surface area (Å²) >= 11 is -1.91. The minimum Gasteiger partial charge on any atom is -0.454 e. The summed E-state index contributed by atoms with van der Waals surface area (Å²) in [7, 11) is 0. The summed E-state index contributed by atoms with van der Waals surface area (Å²) in [6, 6.07) is 0. The molecule has 1 heterocycles. The monoisotopic (exact) mass is 415 g/mol. The van der Waals surface area contributed by atoms with Crippen LogP contribution in [0.2, 0.25) is 0 Å². The van der Waals surface area contributed by atoms with Gasteiger partial charge in [-0.15, -0.1) is 0 Å². The molecule has 2 N–H and O–H groups in total. The molecule has 1 aliphatic rings. The van der Waals surface area contributed by atoms with Crippen LogP contribution < -0.4 is 4.72 Å². The van der Waals surface area contributed by atoms with Gasteiger partial charge in [-0.1, -0.05) is 83.6 Å². The molecular formula is C22H41NO4S. The molecule has 2 unspecified atom stereocenters. The number of rotatable bonds is 19. The zero-order chi connectivity index (χ0) is 20.5. The van der Waals surface area contributed by atoms with E-state index in [0.717, 1.165) is 44.1 Å². The van der Waals surface area contributed by atoms with Crippen LogP contribution in [0.1, 0.15) is 110 Å². The van der Waals surface area contributed by atoms with Gasteiger partial charge in [-0.25, -0.2) is 13.7 Å². The molecule has 0 spiro atoms. The molecule has 1 aliphatic heterocycles. The molecule has 1 fully saturated rings. The van der Waals surface area contributed by atoms with Crippen LogP contribution >= 0.6 is 0 Å². The Morgan fingerprint density at radius 3 is 2.07 bits per heavy atom. The topological polar surface area (TPSA) is 75.6 Å². The van der Waals surface area contributed by atoms with Gasteiger partial charge in [0.25, 0.3) is 0 Å². The van der Waals surface area contributed by atoms with Crippen LogP contribution in [0, 0.1) is 0 Å². The Morgan fingerprint density at radius 2 is 1.50 bits per heavy atom. The Labute approximate surface area is 174 Å². The van der Waals surface area contributed by atoms with Gasteiger partial charge in [0.2, 0.25) is 11.3 Å². The lowest BCUT2D eigenvalue weighted by Gasteiger charge is -2.29. The number of carbonyl (C=O) groups is 1. The largest absolute Gasteiger partial charge is 0.454 e. The van der Waals surface area contributed by atoms with Crippen LogP contribution in [0.15, 0.2) is 11.6 Å². The highest BCUT2D eigenvalue weighted by Crippen LogP contribution is 2.27. The molecule has 1 saturated heterocycles. The number of esters is 1. The normalized spacial score (nSPS) is 18.9. The number of allylic oxidation sites excluding steroid dienone is 1. The molecule has 0 aromatic heterocycles. The smallest absolute Gasteiger partial charge is 0.338 e. The lowest BCUT2D eigenvalue weighted by molar-refractivity contribution is -0.156. The maximum absolute atomic E-state index is 11.6. The lowest BCUT2D eigenvalue weighted by atomic mass is 9.96. The zero-order valence-electron chi connectivity index (χ0n) is 17.8. The van der Waals surface area contributed by atoms with Gasteiger partial charge in [0, 0.05) is 6.54 Å². The fourth-order valence-corrected chi connectivity index (χ4v) is 3.94. The Hall–Kier alpha value is -0.720. The Balaban J connectivity index is 1.95. The molecule has 5 nitrogen and oxygen atoms in total. The van der Waals surface area contributed by atoms with E-state index in [4.69, 9.17) is 9.29 Å². The van der Waals surface area contributed by atoms with Gasteiger partial charge < -0.3 is 4.74 Å². The van der Waals surface area contributed by atoms with Crippen molar-refractivity contribution in [2.24, 2.45) is 0 Å². The van der Waals surface area contributed by atoms with Crippen LogP contribution in [-0.2, 0) is 20.8 Å². The predicted octanol–water partition coefficient (Wildman–Crippen LogP) is 5.83. The summed E-state index contributed by atoms with van der Waals surface area (Å²) in [5, 5.41) is 0. The maximum Gasteiger partial charge on any atom is 0.338 e. The van der Waals surface area contributed by atoms with Crippen molar-refractivity contribution >= 4 is 17.2 Å². The number of hydrogen-bond donors (Lipinski definition) is 2. The first-order valence-electron chi connectivity index (χ1n) is 11.4. The quantitative estimate of drug-likeness (QED) is 0.120. The van der Waals surface area contributed by atoms with Crippen LogP contribution in [0.5, 0.6) is 0 Å². The first-order valence-corrected chi connectivity index (χ1v) is 12.5. The summed E-state index contributed by atoms with van der Waals surface area (Å²) in [5.41, 5.74) is 0.863. The number of nitrogens with one attached hydrogen (secondary N) is 1. The maximum atomic E-state index is 11.6. The number of ether oxygens (including phenoxy) is 1. The van der Waals surface area contributed by atoms with Crippen LogP contribution in [0.25, 0.3) is 0 Å². The lowest BCUT2D eigenvalue weighted by Crippen LogP contribution is -2.36. The Kier molecular flexibility index (Phi) is 15.5. The van der Waals surface area contributed by atoms with Crippen molar-refractivity contribution in [3.05, 3.63) is 11.6 Å². The van der Waals surface area contributed by atoms with Gasteiger partial charge in [-0.3, -0.25) is 4.55 Å². The third kappa shape index (κ3) is 12.7. The second-order valence-corrected chi connectivity index (χ2v) is 8.66. The van der Waals surface area contributed by atoms with Crippen molar-refractivity contribution in [3.8, 4) is 0 Å². The summed E-state index contributed by atoms with van der Waals surface area (Å²) in [4.78, 5) is 11.6. The molecule has 28 heavy (non-hydrogen) atoms. The fourth-order valence-electron chi connectivity index (χ4n) is 3.62. The van der Waals surface area contributed by atoms with E-state index in [2.05, 4.69) is 11.6 Å². The van der Waals surface area contributed by atoms with Crippen LogP contribution in [0.3, 0.4) is 0 Å². The molecule has 6 heteroatoms. The van der Waals surface area contributed by atoms with Crippen LogP contribution in [-0.4, -0.2) is 27.4 Å². The molecule has 164 valence electrons. The van der Waals surface area contributed by atoms with E-state index < -0.39 is 11.3 Å². The van der Waals surface area contributed by atoms with Crippen molar-refractivity contribution in [1.82, 2.24) is 4.72 Å². The number of hydrogen-bond acceptors (Lipinski definition) is 3. The van der Waals surface area contributed by atoms with Gasteiger partial charge in [-0.2, -0.15) is 0 Å². The standard InChI is InChI=1S/C22H41NO4S/c1-2-3-4-5-6-7-8-9-10-11-15-18-21-20(22(24)27-21)17-14-12-13-16-19-23-28(25)26/h17,21,23H,2-16,18-19H2,1H3,(H,25,26)/b20-17-. The first kappa shape index (κ1) is 25.3. The molecule has 0 amide bonds. The van der Waals surface area contributed by atoms with Crippen LogP contribution in [0.4, 0.5) is 0 Å². The summed E-state index contributed by atoms with van der Waals surface area (Å²) in [6.07, 6.45) is 21.3. The van der Waals surface area contributed by atoms with E-state index in [1.165, 1.54) is 64.2 Å². The minimum absolute atomic E-state index is 0.0181. The Morgan fingerprint density at radius 1 is 0.929 bits per heavy atom. The van der Waals surface area contributed by atoms with Crippen molar-refractivity contribution in [2.45, 2.75) is 116 Å². The molecule has 0 aliphatic carbocycles. The molecule has 0 aromatic carbocycles. The molecule has 0 saturated carbocycles. The van der Waals surface area contributed by atoms with Gasteiger partial charge in [-0.05, 0) is 32.1 Å².